The molecule has 0 spiro atoms. The van der Waals surface area contributed by atoms with Crippen LogP contribution in [0.5, 0.6) is 0 Å². The van der Waals surface area contributed by atoms with Crippen LogP contribution in [0, 0.1) is 5.92 Å². The van der Waals surface area contributed by atoms with E-state index in [1.807, 2.05) is 13.8 Å². The highest BCUT2D eigenvalue weighted by molar-refractivity contribution is 5.91. The van der Waals surface area contributed by atoms with Crippen molar-refractivity contribution >= 4 is 5.91 Å². The van der Waals surface area contributed by atoms with E-state index in [0.717, 1.165) is 12.5 Å². The van der Waals surface area contributed by atoms with E-state index in [4.69, 9.17) is 0 Å². The molecule has 1 N–H and O–H groups in total. The average molecular weight is 210 g/mol. The zero-order valence-electron chi connectivity index (χ0n) is 9.53. The summed E-state index contributed by atoms with van der Waals surface area (Å²) in [5, 5.41) is 10.6. The Morgan fingerprint density at radius 1 is 1.60 bits per heavy atom. The zero-order valence-corrected chi connectivity index (χ0v) is 9.53. The van der Waals surface area contributed by atoms with Crippen LogP contribution in [-0.2, 0) is 6.54 Å². The van der Waals surface area contributed by atoms with Gasteiger partial charge in [0.15, 0.2) is 5.69 Å². The van der Waals surface area contributed by atoms with E-state index < -0.39 is 0 Å². The molecular weight excluding hydrogens is 192 g/mol. The Balaban J connectivity index is 0.000000531. The summed E-state index contributed by atoms with van der Waals surface area (Å²) in [6, 6.07) is 0. The molecule has 1 saturated carbocycles. The van der Waals surface area contributed by atoms with Crippen molar-refractivity contribution in [3.8, 4) is 0 Å². The summed E-state index contributed by atoms with van der Waals surface area (Å²) >= 11 is 0. The number of hydrogen-bond acceptors (Lipinski definition) is 3. The Bertz CT molecular complexity index is 317. The van der Waals surface area contributed by atoms with Crippen LogP contribution >= 0.6 is 0 Å². The molecule has 1 aliphatic carbocycles. The van der Waals surface area contributed by atoms with Gasteiger partial charge in [-0.3, -0.25) is 4.79 Å². The smallest absolute Gasteiger partial charge is 0.273 e. The van der Waals surface area contributed by atoms with Gasteiger partial charge in [-0.1, -0.05) is 13.8 Å². The first-order chi connectivity index (χ1) is 7.29. The molecule has 1 aromatic heterocycles. The predicted octanol–water partition coefficient (Wildman–Crippen LogP) is 1.07. The SMILES string of the molecule is CC.CNC(=O)c1cnn(CC2CC2)n1. The molecule has 0 atom stereocenters. The van der Waals surface area contributed by atoms with Crippen LogP contribution in [0.1, 0.15) is 37.2 Å². The number of carbonyl (C=O) groups is 1. The maximum absolute atomic E-state index is 11.1. The van der Waals surface area contributed by atoms with Gasteiger partial charge in [0.2, 0.25) is 0 Å². The monoisotopic (exact) mass is 210 g/mol. The minimum absolute atomic E-state index is 0.179. The molecule has 2 rings (SSSR count). The fourth-order valence-corrected chi connectivity index (χ4v) is 1.15. The molecule has 1 aliphatic rings. The predicted molar refractivity (Wildman–Crippen MR) is 57.5 cm³/mol. The molecular formula is C10H18N4O. The fraction of sp³-hybridized carbons (Fsp3) is 0.700. The zero-order chi connectivity index (χ0) is 11.3. The average Bonchev–Trinajstić information content (AvgIpc) is 2.96. The molecule has 1 fully saturated rings. The van der Waals surface area contributed by atoms with Crippen molar-refractivity contribution in [2.75, 3.05) is 7.05 Å². The molecule has 1 aromatic rings. The van der Waals surface area contributed by atoms with Gasteiger partial charge in [-0.25, -0.2) is 0 Å². The molecule has 0 aliphatic heterocycles. The van der Waals surface area contributed by atoms with Crippen molar-refractivity contribution in [3.05, 3.63) is 11.9 Å². The molecule has 5 nitrogen and oxygen atoms in total. The lowest BCUT2D eigenvalue weighted by Crippen LogP contribution is -2.18. The Morgan fingerprint density at radius 2 is 2.27 bits per heavy atom. The van der Waals surface area contributed by atoms with Gasteiger partial charge in [0.1, 0.15) is 0 Å². The first-order valence-corrected chi connectivity index (χ1v) is 5.42. The van der Waals surface area contributed by atoms with E-state index in [1.165, 1.54) is 19.0 Å². The van der Waals surface area contributed by atoms with E-state index in [2.05, 4.69) is 15.5 Å². The van der Waals surface area contributed by atoms with Gasteiger partial charge in [-0.15, -0.1) is 5.10 Å². The summed E-state index contributed by atoms with van der Waals surface area (Å²) in [6.07, 6.45) is 4.02. The van der Waals surface area contributed by atoms with Gasteiger partial charge in [0, 0.05) is 7.05 Å². The summed E-state index contributed by atoms with van der Waals surface area (Å²) in [5.41, 5.74) is 0.392. The minimum atomic E-state index is -0.179. The Kier molecular flexibility index (Phi) is 4.27. The summed E-state index contributed by atoms with van der Waals surface area (Å²) in [4.78, 5) is 12.7. The summed E-state index contributed by atoms with van der Waals surface area (Å²) in [5.74, 6) is 0.548. The largest absolute Gasteiger partial charge is 0.354 e. The van der Waals surface area contributed by atoms with Crippen LogP contribution in [0.15, 0.2) is 6.20 Å². The summed E-state index contributed by atoms with van der Waals surface area (Å²) < 4.78 is 0. The lowest BCUT2D eigenvalue weighted by atomic mass is 10.4. The molecule has 1 amide bonds. The van der Waals surface area contributed by atoms with E-state index in [1.54, 1.807) is 11.8 Å². The number of nitrogens with zero attached hydrogens (tertiary/aromatic N) is 3. The van der Waals surface area contributed by atoms with Gasteiger partial charge in [-0.2, -0.15) is 9.90 Å². The van der Waals surface area contributed by atoms with Crippen LogP contribution in [0.25, 0.3) is 0 Å². The van der Waals surface area contributed by atoms with Crippen molar-refractivity contribution < 1.29 is 4.79 Å². The highest BCUT2D eigenvalue weighted by Crippen LogP contribution is 2.29. The number of amides is 1. The van der Waals surface area contributed by atoms with E-state index >= 15 is 0 Å². The van der Waals surface area contributed by atoms with Gasteiger partial charge in [0.25, 0.3) is 5.91 Å². The summed E-state index contributed by atoms with van der Waals surface area (Å²) in [7, 11) is 1.59. The lowest BCUT2D eigenvalue weighted by Gasteiger charge is -1.95. The summed E-state index contributed by atoms with van der Waals surface area (Å²) in [6.45, 7) is 4.84. The normalized spacial score (nSPS) is 14.1. The third kappa shape index (κ3) is 3.34. The maximum Gasteiger partial charge on any atom is 0.273 e. The van der Waals surface area contributed by atoms with Crippen molar-refractivity contribution in [2.45, 2.75) is 33.2 Å². The highest BCUT2D eigenvalue weighted by Gasteiger charge is 2.23. The van der Waals surface area contributed by atoms with Crippen molar-refractivity contribution in [2.24, 2.45) is 5.92 Å². The van der Waals surface area contributed by atoms with Crippen LogP contribution in [0.2, 0.25) is 0 Å². The second-order valence-corrected chi connectivity index (χ2v) is 3.31. The number of carbonyl (C=O) groups excluding carboxylic acids is 1. The number of aromatic nitrogens is 3. The molecule has 84 valence electrons. The van der Waals surface area contributed by atoms with E-state index in [0.29, 0.717) is 5.69 Å². The molecule has 5 heteroatoms. The molecule has 0 saturated heterocycles. The van der Waals surface area contributed by atoms with Crippen LogP contribution < -0.4 is 5.32 Å². The van der Waals surface area contributed by atoms with Crippen LogP contribution in [0.4, 0.5) is 0 Å². The first kappa shape index (κ1) is 11.7. The van der Waals surface area contributed by atoms with Gasteiger partial charge < -0.3 is 5.32 Å². The Labute approximate surface area is 89.9 Å². The quantitative estimate of drug-likeness (QED) is 0.812. The second-order valence-electron chi connectivity index (χ2n) is 3.31. The van der Waals surface area contributed by atoms with Gasteiger partial charge >= 0.3 is 0 Å². The van der Waals surface area contributed by atoms with Crippen LogP contribution in [-0.4, -0.2) is 27.9 Å². The van der Waals surface area contributed by atoms with Gasteiger partial charge in [-0.05, 0) is 18.8 Å². The minimum Gasteiger partial charge on any atom is -0.354 e. The second kappa shape index (κ2) is 5.48. The Morgan fingerprint density at radius 3 is 2.80 bits per heavy atom. The molecule has 15 heavy (non-hydrogen) atoms. The highest BCUT2D eigenvalue weighted by atomic mass is 16.1. The molecule has 0 unspecified atom stereocenters. The molecule has 0 radical (unpaired) electrons. The maximum atomic E-state index is 11.1. The topological polar surface area (TPSA) is 59.8 Å². The molecule has 0 aromatic carbocycles. The van der Waals surface area contributed by atoms with Crippen molar-refractivity contribution in [1.82, 2.24) is 20.3 Å². The van der Waals surface area contributed by atoms with E-state index in [9.17, 15) is 4.79 Å². The third-order valence-corrected chi connectivity index (χ3v) is 2.11. The van der Waals surface area contributed by atoms with Crippen LogP contribution in [0.3, 0.4) is 0 Å². The van der Waals surface area contributed by atoms with Crippen molar-refractivity contribution in [1.29, 1.82) is 0 Å². The molecule has 1 heterocycles. The van der Waals surface area contributed by atoms with Gasteiger partial charge in [0.05, 0.1) is 12.7 Å². The van der Waals surface area contributed by atoms with Crippen molar-refractivity contribution in [3.63, 3.8) is 0 Å². The third-order valence-electron chi connectivity index (χ3n) is 2.11. The lowest BCUT2D eigenvalue weighted by molar-refractivity contribution is 0.0957. The number of hydrogen-bond donors (Lipinski definition) is 1. The van der Waals surface area contributed by atoms with E-state index in [-0.39, 0.29) is 5.91 Å². The number of nitrogens with one attached hydrogen (secondary N) is 1. The fourth-order valence-electron chi connectivity index (χ4n) is 1.15. The Hall–Kier alpha value is -1.39. The standard InChI is InChI=1S/C8H12N4O.C2H6/c1-9-8(13)7-4-10-12(11-7)5-6-2-3-6;1-2/h4,6H,2-3,5H2,1H3,(H,9,13);1-2H3. The number of rotatable bonds is 3. The molecule has 0 bridgehead atoms. The first-order valence-electron chi connectivity index (χ1n) is 5.42.